The lowest BCUT2D eigenvalue weighted by molar-refractivity contribution is -0.119. The summed E-state index contributed by atoms with van der Waals surface area (Å²) in [4.78, 5) is 35.6. The molecular weight excluding hydrogens is 841 g/mol. The number of Topliss-reactive ketones (excluding diaryl/α,β-unsaturated/α-hetero) is 1. The highest BCUT2D eigenvalue weighted by atomic mass is 35.5. The minimum atomic E-state index is -0.507. The maximum absolute atomic E-state index is 13.8. The fraction of sp³-hybridized carbons (Fsp3) is 0.356. The van der Waals surface area contributed by atoms with Crippen LogP contribution < -0.4 is 29.6 Å². The molecule has 324 valence electrons. The van der Waals surface area contributed by atoms with Crippen molar-refractivity contribution in [1.29, 1.82) is 0 Å². The Kier molecular flexibility index (Phi) is 13.6. The minimum absolute atomic E-state index is 0.00113. The lowest BCUT2D eigenvalue weighted by Crippen LogP contribution is -2.40. The number of fused-ring (bicyclic) bond motifs is 2. The molecule has 8 rings (SSSR count). The standard InChI is InChI=1S/C45H46Cl2F2N8O5/c1-59-32-21-38-42(44(52-25-50-38)54-27-3-5-36(48)34(46)19-27)40(23-32)61-30-9-15-56(16-10-30)13-7-29(58)8-14-57-17-11-31(12-18-57)62-41-24-33(60-2)22-39-43(41)45(53-26-51-39)55-28-4-6-37(49)35(47)20-28/h3-6,19-26,30-31H,7-18H2,1-2H3,(H,50,52,54)(H,51,53,55). The van der Waals surface area contributed by atoms with E-state index in [9.17, 15) is 13.6 Å². The number of nitrogens with one attached hydrogen (secondary N) is 2. The van der Waals surface area contributed by atoms with Gasteiger partial charge in [-0.05, 0) is 62.1 Å². The van der Waals surface area contributed by atoms with Crippen LogP contribution in [0.4, 0.5) is 31.8 Å². The largest absolute Gasteiger partial charge is 0.497 e. The second-order valence-electron chi connectivity index (χ2n) is 15.3. The number of benzene rings is 4. The molecule has 0 unspecified atom stereocenters. The fourth-order valence-corrected chi connectivity index (χ4v) is 8.20. The van der Waals surface area contributed by atoms with E-state index in [-0.39, 0.29) is 28.0 Å². The summed E-state index contributed by atoms with van der Waals surface area (Å²) in [7, 11) is 3.19. The van der Waals surface area contributed by atoms with Crippen molar-refractivity contribution in [2.45, 2.75) is 50.7 Å². The third-order valence-corrected chi connectivity index (χ3v) is 11.8. The Labute approximate surface area is 367 Å². The molecular formula is C45H46Cl2F2N8O5. The number of anilines is 4. The van der Waals surface area contributed by atoms with Gasteiger partial charge in [0.1, 0.15) is 76.9 Å². The summed E-state index contributed by atoms with van der Waals surface area (Å²) in [5.74, 6) is 2.61. The third-order valence-electron chi connectivity index (χ3n) is 11.3. The number of carbonyl (C=O) groups excluding carboxylic acids is 1. The summed E-state index contributed by atoms with van der Waals surface area (Å²) in [6.45, 7) is 4.61. The van der Waals surface area contributed by atoms with Crippen LogP contribution >= 0.6 is 23.2 Å². The summed E-state index contributed by atoms with van der Waals surface area (Å²) in [6, 6.07) is 16.1. The normalized spacial score (nSPS) is 15.5. The Bertz CT molecular complexity index is 2380. The van der Waals surface area contributed by atoms with Gasteiger partial charge in [-0.2, -0.15) is 0 Å². The molecule has 2 aromatic heterocycles. The quantitative estimate of drug-likeness (QED) is 0.0957. The van der Waals surface area contributed by atoms with Crippen LogP contribution in [0.15, 0.2) is 73.3 Å². The predicted octanol–water partition coefficient (Wildman–Crippen LogP) is 9.40. The summed E-state index contributed by atoms with van der Waals surface area (Å²) in [6.07, 6.45) is 6.91. The smallest absolute Gasteiger partial charge is 0.145 e. The molecule has 6 aromatic rings. The fourth-order valence-electron chi connectivity index (χ4n) is 7.84. The van der Waals surface area contributed by atoms with Gasteiger partial charge in [-0.3, -0.25) is 4.79 Å². The molecule has 0 atom stereocenters. The highest BCUT2D eigenvalue weighted by Gasteiger charge is 2.26. The van der Waals surface area contributed by atoms with Gasteiger partial charge < -0.3 is 39.4 Å². The minimum Gasteiger partial charge on any atom is -0.497 e. The number of likely N-dealkylation sites (tertiary alicyclic amines) is 2. The van der Waals surface area contributed by atoms with E-state index in [1.165, 1.54) is 36.9 Å². The highest BCUT2D eigenvalue weighted by Crippen LogP contribution is 2.39. The first kappa shape index (κ1) is 43.1. The molecule has 4 heterocycles. The van der Waals surface area contributed by atoms with Crippen LogP contribution in [0.1, 0.15) is 38.5 Å². The molecule has 0 bridgehead atoms. The first-order chi connectivity index (χ1) is 30.1. The zero-order chi connectivity index (χ0) is 43.2. The van der Waals surface area contributed by atoms with Gasteiger partial charge in [-0.1, -0.05) is 23.2 Å². The van der Waals surface area contributed by atoms with E-state index in [2.05, 4.69) is 40.4 Å². The van der Waals surface area contributed by atoms with Crippen LogP contribution in [-0.4, -0.2) is 101 Å². The molecule has 0 amide bonds. The van der Waals surface area contributed by atoms with E-state index in [1.807, 2.05) is 24.3 Å². The molecule has 13 nitrogen and oxygen atoms in total. The molecule has 0 radical (unpaired) electrons. The van der Waals surface area contributed by atoms with Crippen molar-refractivity contribution in [3.05, 3.63) is 95.0 Å². The Morgan fingerprint density at radius 1 is 0.645 bits per heavy atom. The molecule has 2 N–H and O–H groups in total. The molecule has 0 saturated carbocycles. The average molecular weight is 888 g/mol. The van der Waals surface area contributed by atoms with Gasteiger partial charge in [0, 0.05) is 87.8 Å². The first-order valence-electron chi connectivity index (χ1n) is 20.5. The predicted molar refractivity (Wildman–Crippen MR) is 236 cm³/mol. The Balaban J connectivity index is 0.801. The zero-order valence-electron chi connectivity index (χ0n) is 34.3. The van der Waals surface area contributed by atoms with Gasteiger partial charge in [-0.25, -0.2) is 28.7 Å². The molecule has 2 fully saturated rings. The molecule has 17 heteroatoms. The first-order valence-corrected chi connectivity index (χ1v) is 21.3. The molecule has 2 saturated heterocycles. The van der Waals surface area contributed by atoms with Crippen LogP contribution in [0.5, 0.6) is 23.0 Å². The summed E-state index contributed by atoms with van der Waals surface area (Å²) in [5, 5.41) is 7.82. The van der Waals surface area contributed by atoms with Gasteiger partial charge in [0.2, 0.25) is 0 Å². The van der Waals surface area contributed by atoms with Gasteiger partial charge >= 0.3 is 0 Å². The highest BCUT2D eigenvalue weighted by molar-refractivity contribution is 6.31. The second kappa shape index (κ2) is 19.6. The molecule has 62 heavy (non-hydrogen) atoms. The van der Waals surface area contributed by atoms with E-state index >= 15 is 0 Å². The van der Waals surface area contributed by atoms with Crippen molar-refractivity contribution in [1.82, 2.24) is 29.7 Å². The van der Waals surface area contributed by atoms with Crippen molar-refractivity contribution in [2.75, 3.05) is 64.1 Å². The van der Waals surface area contributed by atoms with Crippen molar-refractivity contribution in [3.8, 4) is 23.0 Å². The average Bonchev–Trinajstić information content (AvgIpc) is 3.28. The number of piperidine rings is 2. The number of halogens is 4. The van der Waals surface area contributed by atoms with E-state index < -0.39 is 11.6 Å². The lowest BCUT2D eigenvalue weighted by Gasteiger charge is -2.33. The number of methoxy groups -OCH3 is 2. The van der Waals surface area contributed by atoms with Crippen LogP contribution in [0.3, 0.4) is 0 Å². The molecule has 0 aliphatic carbocycles. The van der Waals surface area contributed by atoms with E-state index in [4.69, 9.17) is 42.1 Å². The van der Waals surface area contributed by atoms with Crippen LogP contribution in [0.25, 0.3) is 21.8 Å². The molecule has 0 spiro atoms. The van der Waals surface area contributed by atoms with E-state index in [1.54, 1.807) is 26.4 Å². The maximum Gasteiger partial charge on any atom is 0.145 e. The van der Waals surface area contributed by atoms with E-state index in [0.29, 0.717) is 93.7 Å². The number of nitrogens with zero attached hydrogens (tertiary/aromatic N) is 6. The number of carbonyl (C=O) groups is 1. The maximum atomic E-state index is 13.8. The summed E-state index contributed by atoms with van der Waals surface area (Å²) in [5.41, 5.74) is 2.42. The van der Waals surface area contributed by atoms with Crippen molar-refractivity contribution in [3.63, 3.8) is 0 Å². The van der Waals surface area contributed by atoms with Crippen LogP contribution in [0.2, 0.25) is 10.0 Å². The van der Waals surface area contributed by atoms with Crippen molar-refractivity contribution < 1.29 is 32.5 Å². The number of hydrogen-bond donors (Lipinski definition) is 2. The third kappa shape index (κ3) is 10.4. The molecule has 4 aromatic carbocycles. The van der Waals surface area contributed by atoms with Gasteiger partial charge in [0.15, 0.2) is 0 Å². The Morgan fingerprint density at radius 2 is 1.06 bits per heavy atom. The van der Waals surface area contributed by atoms with Crippen molar-refractivity contribution >= 4 is 73.8 Å². The number of rotatable bonds is 16. The SMILES string of the molecule is COc1cc(OC2CCN(CCC(=O)CCN3CCC(Oc4cc(OC)cc5ncnc(Nc6ccc(F)c(Cl)c6)c45)CC3)CC2)c2c(Nc3ccc(F)c(Cl)c3)ncnc2c1. The number of hydrogen-bond acceptors (Lipinski definition) is 13. The number of ketones is 1. The number of aromatic nitrogens is 4. The Hall–Kier alpha value is -5.61. The van der Waals surface area contributed by atoms with Gasteiger partial charge in [0.05, 0.1) is 46.1 Å². The Morgan fingerprint density at radius 3 is 1.45 bits per heavy atom. The van der Waals surface area contributed by atoms with Crippen LogP contribution in [-0.2, 0) is 4.79 Å². The molecule has 2 aliphatic heterocycles. The summed E-state index contributed by atoms with van der Waals surface area (Å²) >= 11 is 12.1. The number of ether oxygens (including phenoxy) is 4. The second-order valence-corrected chi connectivity index (χ2v) is 16.2. The van der Waals surface area contributed by atoms with E-state index in [0.717, 1.165) is 51.9 Å². The lowest BCUT2D eigenvalue weighted by atomic mass is 10.1. The van der Waals surface area contributed by atoms with Crippen LogP contribution in [0, 0.1) is 11.6 Å². The van der Waals surface area contributed by atoms with Gasteiger partial charge in [0.25, 0.3) is 0 Å². The summed E-state index contributed by atoms with van der Waals surface area (Å²) < 4.78 is 52.0. The van der Waals surface area contributed by atoms with Gasteiger partial charge in [-0.15, -0.1) is 0 Å². The zero-order valence-corrected chi connectivity index (χ0v) is 35.8. The molecule has 2 aliphatic rings. The monoisotopic (exact) mass is 886 g/mol. The van der Waals surface area contributed by atoms with Crippen molar-refractivity contribution in [2.24, 2.45) is 0 Å². The topological polar surface area (TPSA) is 136 Å².